The molecule has 1 N–H and O–H groups in total. The largest absolute Gasteiger partial charge is 0.354 e. The molecular weight excluding hydrogens is 290 g/mol. The first-order chi connectivity index (χ1) is 9.95. The van der Waals surface area contributed by atoms with Crippen LogP contribution in [0.25, 0.3) is 0 Å². The lowest BCUT2D eigenvalue weighted by Gasteiger charge is -2.20. The van der Waals surface area contributed by atoms with Crippen LogP contribution in [0.4, 0.5) is 5.95 Å². The van der Waals surface area contributed by atoms with Crippen molar-refractivity contribution in [1.29, 1.82) is 0 Å². The Balaban J connectivity index is 2.09. The lowest BCUT2D eigenvalue weighted by molar-refractivity contribution is 0.302. The van der Waals surface area contributed by atoms with Gasteiger partial charge in [0.05, 0.1) is 12.4 Å². The van der Waals surface area contributed by atoms with Gasteiger partial charge in [0.25, 0.3) is 0 Å². The third kappa shape index (κ3) is 3.69. The summed E-state index contributed by atoms with van der Waals surface area (Å²) in [5.74, 6) is 0.461. The fraction of sp³-hybridized carbons (Fsp3) is 0.692. The Labute approximate surface area is 126 Å². The van der Waals surface area contributed by atoms with E-state index in [-0.39, 0.29) is 10.9 Å². The molecule has 0 aromatic carbocycles. The highest BCUT2D eigenvalue weighted by Crippen LogP contribution is 2.22. The summed E-state index contributed by atoms with van der Waals surface area (Å²) in [7, 11) is 0.452. The molecule has 0 saturated carbocycles. The molecule has 2 heterocycles. The Kier molecular flexibility index (Phi) is 5.13. The van der Waals surface area contributed by atoms with Crippen LogP contribution in [0.2, 0.25) is 0 Å². The third-order valence-electron chi connectivity index (χ3n) is 3.66. The summed E-state index contributed by atoms with van der Waals surface area (Å²) in [4.78, 5) is 10.4. The molecule has 1 aromatic rings. The molecule has 1 saturated heterocycles. The minimum Gasteiger partial charge on any atom is -0.354 e. The summed E-state index contributed by atoms with van der Waals surface area (Å²) < 4.78 is 26.6. The van der Waals surface area contributed by atoms with Crippen LogP contribution in [0.3, 0.4) is 0 Å². The first-order valence-electron chi connectivity index (χ1n) is 7.17. The third-order valence-corrected chi connectivity index (χ3v) is 5.47. The SMILES string of the molecule is CCCNc1ncc(S(=O)(=O)N2CCC(N(C)C)C2)cn1. The normalized spacial score (nSPS) is 20.1. The number of rotatable bonds is 6. The molecule has 1 aromatic heterocycles. The fourth-order valence-electron chi connectivity index (χ4n) is 2.28. The van der Waals surface area contributed by atoms with Gasteiger partial charge < -0.3 is 10.2 Å². The Hall–Kier alpha value is -1.25. The fourth-order valence-corrected chi connectivity index (χ4v) is 3.66. The van der Waals surface area contributed by atoms with Crippen LogP contribution >= 0.6 is 0 Å². The summed E-state index contributed by atoms with van der Waals surface area (Å²) in [5.41, 5.74) is 0. The van der Waals surface area contributed by atoms with E-state index in [1.807, 2.05) is 21.0 Å². The maximum Gasteiger partial charge on any atom is 0.246 e. The average molecular weight is 313 g/mol. The molecule has 2 rings (SSSR count). The number of sulfonamides is 1. The maximum atomic E-state index is 12.5. The molecule has 1 aliphatic rings. The maximum absolute atomic E-state index is 12.5. The van der Waals surface area contributed by atoms with Crippen molar-refractivity contribution < 1.29 is 8.42 Å². The second kappa shape index (κ2) is 6.67. The van der Waals surface area contributed by atoms with E-state index in [4.69, 9.17) is 0 Å². The van der Waals surface area contributed by atoms with Gasteiger partial charge in [-0.25, -0.2) is 18.4 Å². The Morgan fingerprint density at radius 2 is 2.05 bits per heavy atom. The van der Waals surface area contributed by atoms with Crippen LogP contribution in [0.15, 0.2) is 17.3 Å². The summed E-state index contributed by atoms with van der Waals surface area (Å²) >= 11 is 0. The van der Waals surface area contributed by atoms with Gasteiger partial charge in [-0.05, 0) is 26.9 Å². The van der Waals surface area contributed by atoms with Crippen molar-refractivity contribution in [2.24, 2.45) is 0 Å². The number of anilines is 1. The van der Waals surface area contributed by atoms with Crippen molar-refractivity contribution >= 4 is 16.0 Å². The van der Waals surface area contributed by atoms with Crippen molar-refractivity contribution in [1.82, 2.24) is 19.2 Å². The lowest BCUT2D eigenvalue weighted by Crippen LogP contribution is -2.34. The van der Waals surface area contributed by atoms with Crippen LogP contribution in [-0.4, -0.2) is 67.4 Å². The van der Waals surface area contributed by atoms with E-state index >= 15 is 0 Å². The molecule has 1 fully saturated rings. The molecule has 21 heavy (non-hydrogen) atoms. The molecule has 0 aliphatic carbocycles. The molecule has 1 unspecified atom stereocenters. The zero-order chi connectivity index (χ0) is 15.5. The highest BCUT2D eigenvalue weighted by Gasteiger charge is 2.33. The van der Waals surface area contributed by atoms with E-state index < -0.39 is 10.0 Å². The summed E-state index contributed by atoms with van der Waals surface area (Å²) in [6.45, 7) is 3.87. The monoisotopic (exact) mass is 313 g/mol. The quantitative estimate of drug-likeness (QED) is 0.829. The molecule has 1 aliphatic heterocycles. The number of nitrogens with one attached hydrogen (secondary N) is 1. The van der Waals surface area contributed by atoms with Crippen LogP contribution in [-0.2, 0) is 10.0 Å². The highest BCUT2D eigenvalue weighted by atomic mass is 32.2. The first kappa shape index (κ1) is 16.1. The predicted octanol–water partition coefficient (Wildman–Crippen LogP) is 0.623. The van der Waals surface area contributed by atoms with E-state index in [0.717, 1.165) is 19.4 Å². The molecule has 0 spiro atoms. The van der Waals surface area contributed by atoms with Gasteiger partial charge in [0.2, 0.25) is 16.0 Å². The van der Waals surface area contributed by atoms with Gasteiger partial charge in [0.15, 0.2) is 0 Å². The van der Waals surface area contributed by atoms with Gasteiger partial charge in [-0.2, -0.15) is 4.31 Å². The smallest absolute Gasteiger partial charge is 0.246 e. The van der Waals surface area contributed by atoms with Crippen LogP contribution in [0, 0.1) is 0 Å². The van der Waals surface area contributed by atoms with Gasteiger partial charge in [-0.3, -0.25) is 0 Å². The van der Waals surface area contributed by atoms with Crippen molar-refractivity contribution in [3.05, 3.63) is 12.4 Å². The Morgan fingerprint density at radius 1 is 1.38 bits per heavy atom. The van der Waals surface area contributed by atoms with Crippen LogP contribution < -0.4 is 5.32 Å². The second-order valence-corrected chi connectivity index (χ2v) is 7.38. The predicted molar refractivity (Wildman–Crippen MR) is 81.7 cm³/mol. The molecular formula is C13H23N5O2S. The van der Waals surface area contributed by atoms with Gasteiger partial charge in [-0.15, -0.1) is 0 Å². The lowest BCUT2D eigenvalue weighted by atomic mass is 10.2. The number of likely N-dealkylation sites (N-methyl/N-ethyl adjacent to an activating group) is 1. The summed E-state index contributed by atoms with van der Waals surface area (Å²) in [5, 5.41) is 3.03. The van der Waals surface area contributed by atoms with Crippen LogP contribution in [0.1, 0.15) is 19.8 Å². The molecule has 0 amide bonds. The minimum absolute atomic E-state index is 0.156. The second-order valence-electron chi connectivity index (χ2n) is 5.44. The molecule has 7 nitrogen and oxygen atoms in total. The van der Waals surface area contributed by atoms with Crippen molar-refractivity contribution in [3.63, 3.8) is 0 Å². The Morgan fingerprint density at radius 3 is 2.57 bits per heavy atom. The first-order valence-corrected chi connectivity index (χ1v) is 8.61. The summed E-state index contributed by atoms with van der Waals surface area (Å²) in [6.07, 6.45) is 4.57. The van der Waals surface area contributed by atoms with Gasteiger partial charge in [0.1, 0.15) is 4.90 Å². The van der Waals surface area contributed by atoms with Gasteiger partial charge >= 0.3 is 0 Å². The molecule has 118 valence electrons. The van der Waals surface area contributed by atoms with E-state index in [1.54, 1.807) is 0 Å². The van der Waals surface area contributed by atoms with Crippen molar-refractivity contribution in [2.75, 3.05) is 39.0 Å². The van der Waals surface area contributed by atoms with E-state index in [1.165, 1.54) is 16.7 Å². The standard InChI is InChI=1S/C13H23N5O2S/c1-4-6-14-13-15-8-12(9-16-13)21(19,20)18-7-5-11(10-18)17(2)3/h8-9,11H,4-7,10H2,1-3H3,(H,14,15,16). The van der Waals surface area contributed by atoms with Crippen molar-refractivity contribution in [2.45, 2.75) is 30.7 Å². The summed E-state index contributed by atoms with van der Waals surface area (Å²) in [6, 6.07) is 0.270. The molecule has 0 bridgehead atoms. The molecule has 1 atom stereocenters. The van der Waals surface area contributed by atoms with E-state index in [2.05, 4.69) is 20.2 Å². The van der Waals surface area contributed by atoms with Crippen LogP contribution in [0.5, 0.6) is 0 Å². The minimum atomic E-state index is -3.49. The Bertz CT molecular complexity index is 558. The highest BCUT2D eigenvalue weighted by molar-refractivity contribution is 7.89. The number of hydrogen-bond acceptors (Lipinski definition) is 6. The topological polar surface area (TPSA) is 78.4 Å². The van der Waals surface area contributed by atoms with Crippen molar-refractivity contribution in [3.8, 4) is 0 Å². The van der Waals surface area contributed by atoms with Gasteiger partial charge in [-0.1, -0.05) is 6.92 Å². The molecule has 8 heteroatoms. The zero-order valence-electron chi connectivity index (χ0n) is 12.8. The molecule has 0 radical (unpaired) electrons. The van der Waals surface area contributed by atoms with Gasteiger partial charge in [0, 0.05) is 25.7 Å². The number of hydrogen-bond donors (Lipinski definition) is 1. The zero-order valence-corrected chi connectivity index (χ0v) is 13.6. The van der Waals surface area contributed by atoms with E-state index in [9.17, 15) is 8.42 Å². The average Bonchev–Trinajstić information content (AvgIpc) is 2.96. The van der Waals surface area contributed by atoms with E-state index in [0.29, 0.717) is 19.0 Å². The number of nitrogens with zero attached hydrogens (tertiary/aromatic N) is 4. The number of aromatic nitrogens is 2.